The van der Waals surface area contributed by atoms with E-state index in [1.54, 1.807) is 22.3 Å². The van der Waals surface area contributed by atoms with Crippen LogP contribution in [0.4, 0.5) is 11.4 Å². The first kappa shape index (κ1) is 19.7. The Kier molecular flexibility index (Phi) is 5.17. The van der Waals surface area contributed by atoms with Crippen molar-refractivity contribution in [1.29, 1.82) is 0 Å². The van der Waals surface area contributed by atoms with Crippen molar-refractivity contribution in [1.82, 2.24) is 9.97 Å². The molecule has 31 heavy (non-hydrogen) atoms. The van der Waals surface area contributed by atoms with Crippen molar-refractivity contribution in [2.45, 2.75) is 17.2 Å². The number of thioether (sulfide) groups is 1. The second kappa shape index (κ2) is 8.13. The van der Waals surface area contributed by atoms with Crippen LogP contribution >= 0.6 is 23.1 Å². The van der Waals surface area contributed by atoms with Gasteiger partial charge in [0.15, 0.2) is 0 Å². The topological polar surface area (TPSA) is 75.2 Å². The fourth-order valence-electron chi connectivity index (χ4n) is 3.54. The molecule has 0 radical (unpaired) electrons. The summed E-state index contributed by atoms with van der Waals surface area (Å²) in [4.78, 5) is 37.8. The average Bonchev–Trinajstić information content (AvgIpc) is 3.24. The van der Waals surface area contributed by atoms with E-state index in [0.717, 1.165) is 25.7 Å². The minimum atomic E-state index is -0.419. The van der Waals surface area contributed by atoms with Gasteiger partial charge in [0, 0.05) is 10.3 Å². The Bertz CT molecular complexity index is 1290. The third-order valence-corrected chi connectivity index (χ3v) is 7.22. The summed E-state index contributed by atoms with van der Waals surface area (Å²) in [5, 5.41) is 4.10. The van der Waals surface area contributed by atoms with E-state index < -0.39 is 5.25 Å². The highest BCUT2D eigenvalue weighted by atomic mass is 32.2. The lowest BCUT2D eigenvalue weighted by atomic mass is 10.2. The van der Waals surface area contributed by atoms with Crippen LogP contribution in [0.3, 0.4) is 0 Å². The Labute approximate surface area is 187 Å². The molecule has 1 aliphatic heterocycles. The first-order valence-electron chi connectivity index (χ1n) is 9.77. The molecule has 1 atom stereocenters. The summed E-state index contributed by atoms with van der Waals surface area (Å²) in [5.41, 5.74) is 2.50. The van der Waals surface area contributed by atoms with Gasteiger partial charge >= 0.3 is 0 Å². The number of benzene rings is 2. The molecule has 1 aliphatic rings. The molecule has 1 N–H and O–H groups in total. The van der Waals surface area contributed by atoms with Gasteiger partial charge in [-0.3, -0.25) is 14.5 Å². The van der Waals surface area contributed by atoms with Gasteiger partial charge < -0.3 is 5.32 Å². The second-order valence-electron chi connectivity index (χ2n) is 7.12. The van der Waals surface area contributed by atoms with Crippen molar-refractivity contribution in [3.05, 3.63) is 67.0 Å². The van der Waals surface area contributed by atoms with Gasteiger partial charge in [0.05, 0.1) is 16.6 Å². The van der Waals surface area contributed by atoms with E-state index >= 15 is 0 Å². The van der Waals surface area contributed by atoms with E-state index in [4.69, 9.17) is 0 Å². The van der Waals surface area contributed by atoms with Crippen LogP contribution in [0.15, 0.2) is 72.0 Å². The van der Waals surface area contributed by atoms with Gasteiger partial charge in [-0.25, -0.2) is 9.97 Å². The van der Waals surface area contributed by atoms with Crippen LogP contribution in [-0.2, 0) is 9.59 Å². The number of para-hydroxylation sites is 2. The zero-order valence-corrected chi connectivity index (χ0v) is 18.2. The highest BCUT2D eigenvalue weighted by molar-refractivity contribution is 8.00. The van der Waals surface area contributed by atoms with E-state index in [2.05, 4.69) is 33.5 Å². The Morgan fingerprint density at radius 3 is 2.74 bits per heavy atom. The number of fused-ring (bicyclic) bond motifs is 2. The van der Waals surface area contributed by atoms with Crippen molar-refractivity contribution in [2.75, 3.05) is 16.8 Å². The third-order valence-electron chi connectivity index (χ3n) is 5.02. The molecule has 5 rings (SSSR count). The molecule has 3 heterocycles. The molecular formula is C23H18N4O2S2. The van der Waals surface area contributed by atoms with Crippen LogP contribution in [0.1, 0.15) is 6.92 Å². The Balaban J connectivity index is 1.43. The number of carbonyl (C=O) groups is 2. The van der Waals surface area contributed by atoms with Gasteiger partial charge in [-0.15, -0.1) is 11.3 Å². The lowest BCUT2D eigenvalue weighted by molar-refractivity contribution is -0.121. The quantitative estimate of drug-likeness (QED) is 0.359. The van der Waals surface area contributed by atoms with E-state index in [1.165, 1.54) is 18.1 Å². The molecule has 0 fully saturated rings. The van der Waals surface area contributed by atoms with Gasteiger partial charge in [-0.2, -0.15) is 0 Å². The molecule has 0 aliphatic carbocycles. The SMILES string of the molecule is CC(Sc1ncnc2sc(-c3ccccc3)cc12)C(=O)N1CC(=O)Nc2ccccc21. The number of amides is 2. The fourth-order valence-corrected chi connectivity index (χ4v) is 5.56. The number of nitrogens with zero attached hydrogens (tertiary/aromatic N) is 3. The summed E-state index contributed by atoms with van der Waals surface area (Å²) < 4.78 is 0. The fraction of sp³-hybridized carbons (Fsp3) is 0.130. The Morgan fingerprint density at radius 2 is 1.90 bits per heavy atom. The smallest absolute Gasteiger partial charge is 0.244 e. The number of aromatic nitrogens is 2. The maximum atomic E-state index is 13.3. The van der Waals surface area contributed by atoms with E-state index in [-0.39, 0.29) is 18.4 Å². The number of anilines is 2. The van der Waals surface area contributed by atoms with E-state index in [1.807, 2.05) is 43.3 Å². The standard InChI is InChI=1S/C23H18N4O2S2/c1-14(23(29)27-12-20(28)26-17-9-5-6-10-18(17)27)30-21-16-11-19(15-7-3-2-4-8-15)31-22(16)25-13-24-21/h2-11,13-14H,12H2,1H3,(H,26,28). The largest absolute Gasteiger partial charge is 0.323 e. The maximum Gasteiger partial charge on any atom is 0.244 e. The van der Waals surface area contributed by atoms with Gasteiger partial charge in [0.1, 0.15) is 22.7 Å². The highest BCUT2D eigenvalue weighted by Gasteiger charge is 2.30. The average molecular weight is 447 g/mol. The summed E-state index contributed by atoms with van der Waals surface area (Å²) >= 11 is 3.00. The molecule has 8 heteroatoms. The van der Waals surface area contributed by atoms with Gasteiger partial charge in [-0.05, 0) is 30.7 Å². The van der Waals surface area contributed by atoms with Gasteiger partial charge in [-0.1, -0.05) is 54.2 Å². The first-order chi connectivity index (χ1) is 15.1. The third kappa shape index (κ3) is 3.80. The zero-order chi connectivity index (χ0) is 21.4. The van der Waals surface area contributed by atoms with Crippen molar-refractivity contribution in [2.24, 2.45) is 0 Å². The number of hydrogen-bond acceptors (Lipinski definition) is 6. The van der Waals surface area contributed by atoms with Gasteiger partial charge in [0.25, 0.3) is 0 Å². The summed E-state index contributed by atoms with van der Waals surface area (Å²) in [6, 6.07) is 19.6. The molecule has 0 bridgehead atoms. The molecule has 2 aromatic heterocycles. The summed E-state index contributed by atoms with van der Waals surface area (Å²) in [6.07, 6.45) is 1.54. The molecule has 154 valence electrons. The zero-order valence-electron chi connectivity index (χ0n) is 16.6. The molecule has 0 saturated heterocycles. The highest BCUT2D eigenvalue weighted by Crippen LogP contribution is 2.38. The number of hydrogen-bond donors (Lipinski definition) is 1. The number of carbonyl (C=O) groups excluding carboxylic acids is 2. The van der Waals surface area contributed by atoms with E-state index in [0.29, 0.717) is 11.4 Å². The lowest BCUT2D eigenvalue weighted by Gasteiger charge is -2.30. The van der Waals surface area contributed by atoms with Crippen molar-refractivity contribution in [3.63, 3.8) is 0 Å². The van der Waals surface area contributed by atoms with Crippen LogP contribution in [0.2, 0.25) is 0 Å². The molecule has 6 nitrogen and oxygen atoms in total. The summed E-state index contributed by atoms with van der Waals surface area (Å²) in [5.74, 6) is -0.323. The van der Waals surface area contributed by atoms with Crippen LogP contribution in [-0.4, -0.2) is 33.6 Å². The number of thiophene rings is 1. The lowest BCUT2D eigenvalue weighted by Crippen LogP contribution is -2.45. The molecule has 0 spiro atoms. The number of rotatable bonds is 4. The Morgan fingerprint density at radius 1 is 1.13 bits per heavy atom. The minimum absolute atomic E-state index is 0.0105. The summed E-state index contributed by atoms with van der Waals surface area (Å²) in [7, 11) is 0. The first-order valence-corrected chi connectivity index (χ1v) is 11.5. The van der Waals surface area contributed by atoms with Crippen LogP contribution in [0.25, 0.3) is 20.7 Å². The molecule has 2 aromatic carbocycles. The monoisotopic (exact) mass is 446 g/mol. The van der Waals surface area contributed by atoms with Crippen molar-refractivity contribution < 1.29 is 9.59 Å². The van der Waals surface area contributed by atoms with Gasteiger partial charge in [0.2, 0.25) is 11.8 Å². The Hall–Kier alpha value is -3.23. The van der Waals surface area contributed by atoms with Crippen molar-refractivity contribution >= 4 is 56.5 Å². The normalized spacial score (nSPS) is 14.2. The molecular weight excluding hydrogens is 428 g/mol. The maximum absolute atomic E-state index is 13.3. The predicted molar refractivity (Wildman–Crippen MR) is 126 cm³/mol. The molecule has 0 saturated carbocycles. The molecule has 2 amide bonds. The molecule has 4 aromatic rings. The van der Waals surface area contributed by atoms with Crippen LogP contribution in [0.5, 0.6) is 0 Å². The predicted octanol–water partition coefficient (Wildman–Crippen LogP) is 4.82. The minimum Gasteiger partial charge on any atom is -0.323 e. The van der Waals surface area contributed by atoms with Crippen LogP contribution < -0.4 is 10.2 Å². The second-order valence-corrected chi connectivity index (χ2v) is 9.48. The molecule has 1 unspecified atom stereocenters. The van der Waals surface area contributed by atoms with Crippen molar-refractivity contribution in [3.8, 4) is 10.4 Å². The summed E-state index contributed by atoms with van der Waals surface area (Å²) in [6.45, 7) is 1.86. The number of nitrogens with one attached hydrogen (secondary N) is 1. The van der Waals surface area contributed by atoms with E-state index in [9.17, 15) is 9.59 Å². The van der Waals surface area contributed by atoms with Crippen LogP contribution in [0, 0.1) is 0 Å².